The Morgan fingerprint density at radius 3 is 2.47 bits per heavy atom. The van der Waals surface area contributed by atoms with Gasteiger partial charge in [0.05, 0.1) is 13.0 Å². The Balaban J connectivity index is 2.56. The fraction of sp³-hybridized carbons (Fsp3) is 0.909. The molecule has 0 amide bonds. The molecule has 0 saturated carbocycles. The third kappa shape index (κ3) is 4.41. The number of carbonyl (C=O) groups is 1. The summed E-state index contributed by atoms with van der Waals surface area (Å²) < 4.78 is 32.8. The number of nitrogens with one attached hydrogen (secondary N) is 1. The first-order chi connectivity index (χ1) is 8.94. The van der Waals surface area contributed by atoms with E-state index < -0.39 is 10.2 Å². The normalized spacial score (nSPS) is 20.2. The molecule has 0 radical (unpaired) electrons. The van der Waals surface area contributed by atoms with E-state index in [0.717, 1.165) is 0 Å². The second-order valence-corrected chi connectivity index (χ2v) is 6.36. The van der Waals surface area contributed by atoms with Crippen LogP contribution in [0.1, 0.15) is 26.2 Å². The van der Waals surface area contributed by atoms with Crippen molar-refractivity contribution in [1.82, 2.24) is 9.03 Å². The first-order valence-corrected chi connectivity index (χ1v) is 7.93. The SMILES string of the molecule is CCC(CN)NS(=O)(=O)N1CCC(C(=O)OC)CC1. The summed E-state index contributed by atoms with van der Waals surface area (Å²) in [4.78, 5) is 11.4. The van der Waals surface area contributed by atoms with Crippen molar-refractivity contribution in [1.29, 1.82) is 0 Å². The molecule has 1 fully saturated rings. The minimum absolute atomic E-state index is 0.201. The maximum Gasteiger partial charge on any atom is 0.308 e. The predicted octanol–water partition coefficient (Wildman–Crippen LogP) is -0.557. The van der Waals surface area contributed by atoms with Crippen molar-refractivity contribution in [2.45, 2.75) is 32.2 Å². The number of ether oxygens (including phenoxy) is 1. The molecule has 0 spiro atoms. The van der Waals surface area contributed by atoms with E-state index in [-0.39, 0.29) is 24.5 Å². The van der Waals surface area contributed by atoms with E-state index in [1.807, 2.05) is 6.92 Å². The molecule has 1 saturated heterocycles. The van der Waals surface area contributed by atoms with Gasteiger partial charge in [0.25, 0.3) is 10.2 Å². The first-order valence-electron chi connectivity index (χ1n) is 6.49. The second-order valence-electron chi connectivity index (χ2n) is 4.66. The Bertz CT molecular complexity index is 387. The molecular weight excluding hydrogens is 270 g/mol. The smallest absolute Gasteiger partial charge is 0.308 e. The Morgan fingerprint density at radius 1 is 1.47 bits per heavy atom. The zero-order valence-electron chi connectivity index (χ0n) is 11.5. The number of nitrogens with zero attached hydrogens (tertiary/aromatic N) is 1. The monoisotopic (exact) mass is 293 g/mol. The lowest BCUT2D eigenvalue weighted by atomic mass is 9.99. The highest BCUT2D eigenvalue weighted by atomic mass is 32.2. The van der Waals surface area contributed by atoms with Crippen molar-refractivity contribution in [2.24, 2.45) is 11.7 Å². The van der Waals surface area contributed by atoms with Crippen LogP contribution in [0.3, 0.4) is 0 Å². The molecule has 1 rings (SSSR count). The van der Waals surface area contributed by atoms with Crippen LogP contribution in [-0.4, -0.2) is 51.5 Å². The van der Waals surface area contributed by atoms with Crippen molar-refractivity contribution >= 4 is 16.2 Å². The zero-order valence-corrected chi connectivity index (χ0v) is 12.3. The third-order valence-electron chi connectivity index (χ3n) is 3.42. The molecule has 19 heavy (non-hydrogen) atoms. The maximum atomic E-state index is 12.1. The number of nitrogens with two attached hydrogens (primary N) is 1. The van der Waals surface area contributed by atoms with Gasteiger partial charge in [0, 0.05) is 25.7 Å². The third-order valence-corrected chi connectivity index (χ3v) is 5.10. The molecule has 8 heteroatoms. The number of methoxy groups -OCH3 is 1. The summed E-state index contributed by atoms with van der Waals surface area (Å²) in [6.07, 6.45) is 1.63. The zero-order chi connectivity index (χ0) is 14.5. The minimum Gasteiger partial charge on any atom is -0.469 e. The van der Waals surface area contributed by atoms with Gasteiger partial charge in [-0.3, -0.25) is 4.79 Å². The summed E-state index contributed by atoms with van der Waals surface area (Å²) in [5.41, 5.74) is 5.49. The predicted molar refractivity (Wildman–Crippen MR) is 71.5 cm³/mol. The number of piperidine rings is 1. The summed E-state index contributed by atoms with van der Waals surface area (Å²) in [5.74, 6) is -0.466. The molecule has 0 aromatic heterocycles. The molecule has 112 valence electrons. The van der Waals surface area contributed by atoms with E-state index in [4.69, 9.17) is 5.73 Å². The summed E-state index contributed by atoms with van der Waals surface area (Å²) >= 11 is 0. The average Bonchev–Trinajstić information content (AvgIpc) is 2.44. The quantitative estimate of drug-likeness (QED) is 0.639. The van der Waals surface area contributed by atoms with Gasteiger partial charge in [0.15, 0.2) is 0 Å². The molecular formula is C11H23N3O4S. The molecule has 7 nitrogen and oxygen atoms in total. The molecule has 1 atom stereocenters. The highest BCUT2D eigenvalue weighted by molar-refractivity contribution is 7.87. The van der Waals surface area contributed by atoms with Crippen LogP contribution in [-0.2, 0) is 19.7 Å². The van der Waals surface area contributed by atoms with Crippen LogP contribution in [0.2, 0.25) is 0 Å². The Labute approximate surface area is 114 Å². The van der Waals surface area contributed by atoms with Gasteiger partial charge in [0.1, 0.15) is 0 Å². The second kappa shape index (κ2) is 7.18. The Kier molecular flexibility index (Phi) is 6.18. The number of carbonyl (C=O) groups excluding carboxylic acids is 1. The van der Waals surface area contributed by atoms with Gasteiger partial charge in [-0.05, 0) is 19.3 Å². The molecule has 0 aromatic carbocycles. The fourth-order valence-electron chi connectivity index (χ4n) is 2.08. The largest absolute Gasteiger partial charge is 0.469 e. The highest BCUT2D eigenvalue weighted by Gasteiger charge is 2.32. The van der Waals surface area contributed by atoms with Crippen LogP contribution in [0.15, 0.2) is 0 Å². The van der Waals surface area contributed by atoms with E-state index in [9.17, 15) is 13.2 Å². The van der Waals surface area contributed by atoms with Gasteiger partial charge < -0.3 is 10.5 Å². The molecule has 1 aliphatic rings. The van der Waals surface area contributed by atoms with Gasteiger partial charge in [-0.1, -0.05) is 6.92 Å². The summed E-state index contributed by atoms with van der Waals surface area (Å²) in [7, 11) is -2.16. The molecule has 1 heterocycles. The van der Waals surface area contributed by atoms with E-state index >= 15 is 0 Å². The van der Waals surface area contributed by atoms with E-state index in [0.29, 0.717) is 32.4 Å². The number of hydrogen-bond acceptors (Lipinski definition) is 5. The minimum atomic E-state index is -3.51. The molecule has 1 aliphatic heterocycles. The maximum absolute atomic E-state index is 12.1. The van der Waals surface area contributed by atoms with Crippen molar-refractivity contribution in [2.75, 3.05) is 26.7 Å². The summed E-state index contributed by atoms with van der Waals surface area (Å²) in [6, 6.07) is -0.247. The topological polar surface area (TPSA) is 102 Å². The Morgan fingerprint density at radius 2 is 2.05 bits per heavy atom. The molecule has 0 bridgehead atoms. The molecule has 0 aliphatic carbocycles. The van der Waals surface area contributed by atoms with Crippen LogP contribution in [0.5, 0.6) is 0 Å². The van der Waals surface area contributed by atoms with Crippen LogP contribution in [0, 0.1) is 5.92 Å². The van der Waals surface area contributed by atoms with Crippen molar-refractivity contribution in [3.8, 4) is 0 Å². The van der Waals surface area contributed by atoms with Crippen molar-refractivity contribution in [3.05, 3.63) is 0 Å². The van der Waals surface area contributed by atoms with Crippen LogP contribution < -0.4 is 10.5 Å². The van der Waals surface area contributed by atoms with Crippen LogP contribution in [0.4, 0.5) is 0 Å². The Hall–Kier alpha value is -0.700. The molecule has 0 aromatic rings. The lowest BCUT2D eigenvalue weighted by Crippen LogP contribution is -2.50. The molecule has 1 unspecified atom stereocenters. The lowest BCUT2D eigenvalue weighted by molar-refractivity contribution is -0.146. The first kappa shape index (κ1) is 16.4. The van der Waals surface area contributed by atoms with Crippen LogP contribution in [0.25, 0.3) is 0 Å². The fourth-order valence-corrected chi connectivity index (χ4v) is 3.61. The van der Waals surface area contributed by atoms with E-state index in [1.165, 1.54) is 11.4 Å². The number of hydrogen-bond donors (Lipinski definition) is 2. The van der Waals surface area contributed by atoms with Gasteiger partial charge in [0.2, 0.25) is 0 Å². The van der Waals surface area contributed by atoms with Crippen molar-refractivity contribution in [3.63, 3.8) is 0 Å². The summed E-state index contributed by atoms with van der Waals surface area (Å²) in [6.45, 7) is 2.81. The summed E-state index contributed by atoms with van der Waals surface area (Å²) in [5, 5.41) is 0. The number of esters is 1. The van der Waals surface area contributed by atoms with Gasteiger partial charge in [-0.2, -0.15) is 17.4 Å². The van der Waals surface area contributed by atoms with Crippen molar-refractivity contribution < 1.29 is 17.9 Å². The number of rotatable bonds is 6. The lowest BCUT2D eigenvalue weighted by Gasteiger charge is -2.31. The standard InChI is InChI=1S/C11H23N3O4S/c1-3-10(8-12)13-19(16,17)14-6-4-9(5-7-14)11(15)18-2/h9-10,13H,3-8,12H2,1-2H3. The van der Waals surface area contributed by atoms with E-state index in [1.54, 1.807) is 0 Å². The van der Waals surface area contributed by atoms with Gasteiger partial charge in [-0.15, -0.1) is 0 Å². The van der Waals surface area contributed by atoms with Gasteiger partial charge >= 0.3 is 5.97 Å². The highest BCUT2D eigenvalue weighted by Crippen LogP contribution is 2.20. The van der Waals surface area contributed by atoms with Gasteiger partial charge in [-0.25, -0.2) is 0 Å². The van der Waals surface area contributed by atoms with Crippen LogP contribution >= 0.6 is 0 Å². The molecule has 3 N–H and O–H groups in total. The average molecular weight is 293 g/mol. The van der Waals surface area contributed by atoms with E-state index in [2.05, 4.69) is 9.46 Å².